The molecule has 0 heterocycles. The van der Waals surface area contributed by atoms with E-state index in [0.717, 1.165) is 0 Å². The summed E-state index contributed by atoms with van der Waals surface area (Å²) < 4.78 is 10.1. The molecule has 4 heteroatoms. The molecule has 4 nitrogen and oxygen atoms in total. The standard InChI is InChI=1S/C13H16O4/c1-9(2)17-12-6-4-5-11(7-12)13(15)8-16-10(3)14/h4-7,9H,8H2,1-3H3. The third-order valence-electron chi connectivity index (χ3n) is 1.93. The molecule has 17 heavy (non-hydrogen) atoms. The maximum absolute atomic E-state index is 11.7. The van der Waals surface area contributed by atoms with Gasteiger partial charge in [-0.1, -0.05) is 12.1 Å². The predicted octanol–water partition coefficient (Wildman–Crippen LogP) is 2.22. The Kier molecular flexibility index (Phi) is 4.69. The molecular weight excluding hydrogens is 220 g/mol. The van der Waals surface area contributed by atoms with Crippen LogP contribution in [-0.2, 0) is 9.53 Å². The van der Waals surface area contributed by atoms with Gasteiger partial charge in [0.25, 0.3) is 0 Å². The lowest BCUT2D eigenvalue weighted by Crippen LogP contribution is -2.12. The minimum atomic E-state index is -0.465. The van der Waals surface area contributed by atoms with Gasteiger partial charge in [0.2, 0.25) is 0 Å². The van der Waals surface area contributed by atoms with Crippen LogP contribution >= 0.6 is 0 Å². The SMILES string of the molecule is CC(=O)OCC(=O)c1cccc(OC(C)C)c1. The van der Waals surface area contributed by atoms with E-state index in [0.29, 0.717) is 11.3 Å². The summed E-state index contributed by atoms with van der Waals surface area (Å²) in [4.78, 5) is 22.2. The highest BCUT2D eigenvalue weighted by Crippen LogP contribution is 2.15. The first-order valence-corrected chi connectivity index (χ1v) is 5.42. The number of Topliss-reactive ketones (excluding diaryl/α,β-unsaturated/α-hetero) is 1. The van der Waals surface area contributed by atoms with Crippen LogP contribution in [0.25, 0.3) is 0 Å². The summed E-state index contributed by atoms with van der Waals surface area (Å²) in [5.41, 5.74) is 0.476. The molecule has 0 atom stereocenters. The molecule has 0 spiro atoms. The highest BCUT2D eigenvalue weighted by Gasteiger charge is 2.09. The van der Waals surface area contributed by atoms with Crippen LogP contribution in [0.5, 0.6) is 5.75 Å². The van der Waals surface area contributed by atoms with E-state index in [1.54, 1.807) is 24.3 Å². The molecule has 1 aromatic carbocycles. The van der Waals surface area contributed by atoms with Gasteiger partial charge in [-0.3, -0.25) is 9.59 Å². The Morgan fingerprint density at radius 2 is 2.00 bits per heavy atom. The fourth-order valence-electron chi connectivity index (χ4n) is 1.27. The molecule has 0 N–H and O–H groups in total. The Morgan fingerprint density at radius 1 is 1.29 bits per heavy atom. The van der Waals surface area contributed by atoms with Crippen LogP contribution < -0.4 is 4.74 Å². The van der Waals surface area contributed by atoms with Crippen molar-refractivity contribution in [3.8, 4) is 5.75 Å². The number of esters is 1. The largest absolute Gasteiger partial charge is 0.491 e. The second-order valence-electron chi connectivity index (χ2n) is 3.90. The number of hydrogen-bond acceptors (Lipinski definition) is 4. The summed E-state index contributed by atoms with van der Waals surface area (Å²) in [6.45, 7) is 4.85. The third kappa shape index (κ3) is 4.68. The van der Waals surface area contributed by atoms with Gasteiger partial charge in [0.05, 0.1) is 6.10 Å². The van der Waals surface area contributed by atoms with Crippen LogP contribution in [0.1, 0.15) is 31.1 Å². The minimum Gasteiger partial charge on any atom is -0.491 e. The van der Waals surface area contributed by atoms with Crippen molar-refractivity contribution in [1.82, 2.24) is 0 Å². The maximum atomic E-state index is 11.7. The molecule has 0 radical (unpaired) electrons. The summed E-state index contributed by atoms with van der Waals surface area (Å²) in [6, 6.07) is 6.83. The van der Waals surface area contributed by atoms with Crippen molar-refractivity contribution in [2.24, 2.45) is 0 Å². The Bertz CT molecular complexity index is 410. The highest BCUT2D eigenvalue weighted by atomic mass is 16.5. The fourth-order valence-corrected chi connectivity index (χ4v) is 1.27. The average Bonchev–Trinajstić information content (AvgIpc) is 2.25. The van der Waals surface area contributed by atoms with Gasteiger partial charge in [0, 0.05) is 12.5 Å². The molecule has 0 amide bonds. The van der Waals surface area contributed by atoms with Crippen molar-refractivity contribution in [3.63, 3.8) is 0 Å². The Hall–Kier alpha value is -1.84. The van der Waals surface area contributed by atoms with E-state index in [2.05, 4.69) is 4.74 Å². The molecule has 0 aliphatic heterocycles. The van der Waals surface area contributed by atoms with Crippen molar-refractivity contribution < 1.29 is 19.1 Å². The van der Waals surface area contributed by atoms with E-state index in [1.807, 2.05) is 13.8 Å². The van der Waals surface area contributed by atoms with Crippen molar-refractivity contribution in [2.45, 2.75) is 26.9 Å². The summed E-state index contributed by atoms with van der Waals surface area (Å²) in [7, 11) is 0. The normalized spacial score (nSPS) is 10.1. The summed E-state index contributed by atoms with van der Waals surface area (Å²) in [6.07, 6.45) is 0.0498. The van der Waals surface area contributed by atoms with Gasteiger partial charge in [-0.2, -0.15) is 0 Å². The van der Waals surface area contributed by atoms with Crippen molar-refractivity contribution >= 4 is 11.8 Å². The number of benzene rings is 1. The summed E-state index contributed by atoms with van der Waals surface area (Å²) >= 11 is 0. The van der Waals surface area contributed by atoms with Gasteiger partial charge in [-0.25, -0.2) is 0 Å². The van der Waals surface area contributed by atoms with Crippen LogP contribution in [0.15, 0.2) is 24.3 Å². The van der Waals surface area contributed by atoms with Gasteiger partial charge < -0.3 is 9.47 Å². The Labute approximate surface area is 101 Å². The van der Waals surface area contributed by atoms with E-state index in [9.17, 15) is 9.59 Å². The van der Waals surface area contributed by atoms with Crippen LogP contribution in [0.3, 0.4) is 0 Å². The average molecular weight is 236 g/mol. The molecule has 0 bridgehead atoms. The number of carbonyl (C=O) groups is 2. The zero-order valence-electron chi connectivity index (χ0n) is 10.2. The molecule has 92 valence electrons. The maximum Gasteiger partial charge on any atom is 0.303 e. The number of ether oxygens (including phenoxy) is 2. The lowest BCUT2D eigenvalue weighted by Gasteiger charge is -2.10. The monoisotopic (exact) mass is 236 g/mol. The number of rotatable bonds is 5. The van der Waals surface area contributed by atoms with Gasteiger partial charge in [-0.05, 0) is 26.0 Å². The zero-order chi connectivity index (χ0) is 12.8. The minimum absolute atomic E-state index is 0.0498. The lowest BCUT2D eigenvalue weighted by atomic mass is 10.1. The first-order chi connectivity index (χ1) is 7.99. The molecule has 0 aliphatic rings. The quantitative estimate of drug-likeness (QED) is 0.581. The first kappa shape index (κ1) is 13.2. The second kappa shape index (κ2) is 6.03. The third-order valence-corrected chi connectivity index (χ3v) is 1.93. The zero-order valence-corrected chi connectivity index (χ0v) is 10.2. The molecule has 1 rings (SSSR count). The smallest absolute Gasteiger partial charge is 0.303 e. The summed E-state index contributed by atoms with van der Waals surface area (Å²) in [5, 5.41) is 0. The molecule has 0 aromatic heterocycles. The van der Waals surface area contributed by atoms with Crippen molar-refractivity contribution in [1.29, 1.82) is 0 Å². The number of hydrogen-bond donors (Lipinski definition) is 0. The van der Waals surface area contributed by atoms with Crippen LogP contribution in [0, 0.1) is 0 Å². The van der Waals surface area contributed by atoms with Crippen molar-refractivity contribution in [2.75, 3.05) is 6.61 Å². The predicted molar refractivity (Wildman–Crippen MR) is 63.2 cm³/mol. The molecule has 1 aromatic rings. The van der Waals surface area contributed by atoms with Gasteiger partial charge >= 0.3 is 5.97 Å². The van der Waals surface area contributed by atoms with E-state index in [-0.39, 0.29) is 18.5 Å². The molecule has 0 fully saturated rings. The summed E-state index contributed by atoms with van der Waals surface area (Å²) in [5.74, 6) is -0.0731. The van der Waals surface area contributed by atoms with E-state index >= 15 is 0 Å². The van der Waals surface area contributed by atoms with E-state index < -0.39 is 5.97 Å². The van der Waals surface area contributed by atoms with E-state index in [1.165, 1.54) is 6.92 Å². The number of carbonyl (C=O) groups excluding carboxylic acids is 2. The highest BCUT2D eigenvalue weighted by molar-refractivity contribution is 5.98. The van der Waals surface area contributed by atoms with Crippen LogP contribution in [0.2, 0.25) is 0 Å². The molecular formula is C13H16O4. The van der Waals surface area contributed by atoms with Crippen LogP contribution in [-0.4, -0.2) is 24.5 Å². The Balaban J connectivity index is 2.70. The van der Waals surface area contributed by atoms with Crippen molar-refractivity contribution in [3.05, 3.63) is 29.8 Å². The molecule has 0 saturated heterocycles. The lowest BCUT2D eigenvalue weighted by molar-refractivity contribution is -0.139. The first-order valence-electron chi connectivity index (χ1n) is 5.42. The van der Waals surface area contributed by atoms with Gasteiger partial charge in [-0.15, -0.1) is 0 Å². The Morgan fingerprint density at radius 3 is 2.59 bits per heavy atom. The second-order valence-corrected chi connectivity index (χ2v) is 3.90. The van der Waals surface area contributed by atoms with E-state index in [4.69, 9.17) is 4.74 Å². The fraction of sp³-hybridized carbons (Fsp3) is 0.385. The van der Waals surface area contributed by atoms with Gasteiger partial charge in [0.15, 0.2) is 12.4 Å². The number of ketones is 1. The van der Waals surface area contributed by atoms with Crippen LogP contribution in [0.4, 0.5) is 0 Å². The van der Waals surface area contributed by atoms with Gasteiger partial charge in [0.1, 0.15) is 5.75 Å². The topological polar surface area (TPSA) is 52.6 Å². The molecule has 0 unspecified atom stereocenters. The molecule has 0 aliphatic carbocycles. The molecule has 0 saturated carbocycles.